The molecule has 1 aromatic heterocycles. The molecule has 2 aromatic rings. The number of amides is 1. The van der Waals surface area contributed by atoms with E-state index in [-0.39, 0.29) is 11.9 Å². The molecule has 0 saturated carbocycles. The fourth-order valence-electron chi connectivity index (χ4n) is 2.48. The minimum absolute atomic E-state index is 0.0435. The molecule has 2 rings (SSSR count). The third kappa shape index (κ3) is 4.69. The van der Waals surface area contributed by atoms with Gasteiger partial charge < -0.3 is 15.0 Å². The molecule has 0 aliphatic heterocycles. The maximum absolute atomic E-state index is 12.1. The minimum atomic E-state index is -0.0930. The molecule has 1 amide bonds. The molecule has 1 N–H and O–H groups in total. The Hall–Kier alpha value is -2.11. The fourth-order valence-corrected chi connectivity index (χ4v) is 3.29. The number of hydrogen-bond donors (Lipinski definition) is 1. The Morgan fingerprint density at radius 1 is 1.33 bits per heavy atom. The van der Waals surface area contributed by atoms with Crippen molar-refractivity contribution in [3.05, 3.63) is 57.8 Å². The van der Waals surface area contributed by atoms with E-state index in [1.54, 1.807) is 24.5 Å². The van der Waals surface area contributed by atoms with Gasteiger partial charge in [0.05, 0.1) is 13.2 Å². The van der Waals surface area contributed by atoms with Gasteiger partial charge in [-0.3, -0.25) is 4.79 Å². The van der Waals surface area contributed by atoms with Crippen molar-refractivity contribution in [1.82, 2.24) is 10.2 Å². The number of aryl methyl sites for hydroxylation is 1. The Morgan fingerprint density at radius 2 is 2.08 bits per heavy atom. The summed E-state index contributed by atoms with van der Waals surface area (Å²) in [5.41, 5.74) is 2.24. The molecule has 1 atom stereocenters. The molecule has 5 heteroatoms. The lowest BCUT2D eigenvalue weighted by molar-refractivity contribution is -0.116. The summed E-state index contributed by atoms with van der Waals surface area (Å²) in [7, 11) is 5.65. The van der Waals surface area contributed by atoms with Crippen LogP contribution in [-0.4, -0.2) is 38.6 Å². The number of para-hydroxylation sites is 1. The van der Waals surface area contributed by atoms with Crippen LogP contribution in [0.15, 0.2) is 41.8 Å². The summed E-state index contributed by atoms with van der Waals surface area (Å²) in [6, 6.07) is 9.98. The van der Waals surface area contributed by atoms with Crippen LogP contribution in [-0.2, 0) is 4.79 Å². The van der Waals surface area contributed by atoms with Crippen molar-refractivity contribution in [3.8, 4) is 5.75 Å². The molecular weight excluding hydrogens is 320 g/mol. The van der Waals surface area contributed by atoms with Gasteiger partial charge in [0.15, 0.2) is 0 Å². The number of likely N-dealkylation sites (N-methyl/N-ethyl adjacent to an activating group) is 1. The predicted octanol–water partition coefficient (Wildman–Crippen LogP) is 3.50. The van der Waals surface area contributed by atoms with Gasteiger partial charge in [0.25, 0.3) is 0 Å². The molecule has 128 valence electrons. The second-order valence-electron chi connectivity index (χ2n) is 5.77. The van der Waals surface area contributed by atoms with Crippen molar-refractivity contribution >= 4 is 23.3 Å². The van der Waals surface area contributed by atoms with E-state index >= 15 is 0 Å². The van der Waals surface area contributed by atoms with Crippen LogP contribution in [0.4, 0.5) is 0 Å². The first-order valence-corrected chi connectivity index (χ1v) is 8.70. The molecular formula is C19H24N2O2S. The van der Waals surface area contributed by atoms with Gasteiger partial charge in [-0.15, -0.1) is 11.3 Å². The first-order valence-electron chi connectivity index (χ1n) is 7.82. The van der Waals surface area contributed by atoms with E-state index in [0.29, 0.717) is 6.54 Å². The number of hydrogen-bond acceptors (Lipinski definition) is 4. The molecule has 1 aromatic carbocycles. The number of thiophene rings is 1. The molecule has 0 spiro atoms. The summed E-state index contributed by atoms with van der Waals surface area (Å²) in [6.07, 6.45) is 3.46. The third-order valence-corrected chi connectivity index (χ3v) is 4.86. The first kappa shape index (κ1) is 18.2. The van der Waals surface area contributed by atoms with Crippen LogP contribution in [0.5, 0.6) is 5.75 Å². The fraction of sp³-hybridized carbons (Fsp3) is 0.316. The van der Waals surface area contributed by atoms with E-state index in [0.717, 1.165) is 16.2 Å². The molecule has 0 radical (unpaired) electrons. The van der Waals surface area contributed by atoms with Gasteiger partial charge >= 0.3 is 0 Å². The van der Waals surface area contributed by atoms with Gasteiger partial charge in [0, 0.05) is 23.1 Å². The molecule has 0 unspecified atom stereocenters. The van der Waals surface area contributed by atoms with Gasteiger partial charge in [0.2, 0.25) is 5.91 Å². The summed E-state index contributed by atoms with van der Waals surface area (Å²) in [5.74, 6) is 0.736. The average Bonchev–Trinajstić information content (AvgIpc) is 2.98. The Kier molecular flexibility index (Phi) is 6.58. The maximum atomic E-state index is 12.1. The Morgan fingerprint density at radius 3 is 2.71 bits per heavy atom. The van der Waals surface area contributed by atoms with E-state index in [9.17, 15) is 4.79 Å². The molecule has 0 aliphatic rings. The highest BCUT2D eigenvalue weighted by atomic mass is 32.1. The van der Waals surface area contributed by atoms with E-state index in [1.165, 1.54) is 5.56 Å². The monoisotopic (exact) mass is 344 g/mol. The molecule has 0 fully saturated rings. The molecule has 0 saturated heterocycles. The first-order chi connectivity index (χ1) is 11.5. The highest BCUT2D eigenvalue weighted by molar-refractivity contribution is 7.11. The maximum Gasteiger partial charge on any atom is 0.244 e. The molecule has 0 aliphatic carbocycles. The number of benzene rings is 1. The van der Waals surface area contributed by atoms with E-state index in [2.05, 4.69) is 10.2 Å². The topological polar surface area (TPSA) is 41.6 Å². The number of nitrogens with one attached hydrogen (secondary N) is 1. The summed E-state index contributed by atoms with van der Waals surface area (Å²) < 4.78 is 5.44. The van der Waals surface area contributed by atoms with E-state index in [1.807, 2.05) is 62.8 Å². The standard InChI is InChI=1S/C19H24N2O2S/c1-14-11-12-24-18(14)9-10-19(22)20-13-16(21(2)3)15-7-5-6-8-17(15)23-4/h5-12,16H,13H2,1-4H3,(H,20,22)/b10-9+/t16-/m1/s1. The Labute approximate surface area is 147 Å². The summed E-state index contributed by atoms with van der Waals surface area (Å²) >= 11 is 1.63. The number of methoxy groups -OCH3 is 1. The molecule has 24 heavy (non-hydrogen) atoms. The average molecular weight is 344 g/mol. The van der Waals surface area contributed by atoms with E-state index < -0.39 is 0 Å². The van der Waals surface area contributed by atoms with Crippen LogP contribution in [0.3, 0.4) is 0 Å². The minimum Gasteiger partial charge on any atom is -0.496 e. The predicted molar refractivity (Wildman–Crippen MR) is 101 cm³/mol. The zero-order valence-electron chi connectivity index (χ0n) is 14.6. The second kappa shape index (κ2) is 8.66. The van der Waals surface area contributed by atoms with Crippen LogP contribution >= 0.6 is 11.3 Å². The lowest BCUT2D eigenvalue weighted by atomic mass is 10.0. The van der Waals surface area contributed by atoms with Crippen LogP contribution in [0.25, 0.3) is 6.08 Å². The smallest absolute Gasteiger partial charge is 0.244 e. The normalized spacial score (nSPS) is 12.5. The van der Waals surface area contributed by atoms with Gasteiger partial charge in [-0.05, 0) is 50.2 Å². The Balaban J connectivity index is 2.02. The SMILES string of the molecule is COc1ccccc1[C@@H](CNC(=O)/C=C/c1sccc1C)N(C)C. The van der Waals surface area contributed by atoms with Crippen molar-refractivity contribution in [3.63, 3.8) is 0 Å². The number of carbonyl (C=O) groups excluding carboxylic acids is 1. The Bertz CT molecular complexity index is 707. The van der Waals surface area contributed by atoms with E-state index in [4.69, 9.17) is 4.74 Å². The lowest BCUT2D eigenvalue weighted by Crippen LogP contribution is -2.33. The van der Waals surface area contributed by atoms with Crippen molar-refractivity contribution in [2.75, 3.05) is 27.7 Å². The largest absolute Gasteiger partial charge is 0.496 e. The number of nitrogens with zero attached hydrogens (tertiary/aromatic N) is 1. The van der Waals surface area contributed by atoms with Crippen molar-refractivity contribution in [1.29, 1.82) is 0 Å². The molecule has 4 nitrogen and oxygen atoms in total. The zero-order valence-corrected chi connectivity index (χ0v) is 15.4. The van der Waals surface area contributed by atoms with Crippen LogP contribution in [0, 0.1) is 6.92 Å². The van der Waals surface area contributed by atoms with Gasteiger partial charge in [0.1, 0.15) is 5.75 Å². The number of ether oxygens (including phenoxy) is 1. The summed E-state index contributed by atoms with van der Waals surface area (Å²) in [6.45, 7) is 2.55. The summed E-state index contributed by atoms with van der Waals surface area (Å²) in [4.78, 5) is 15.3. The van der Waals surface area contributed by atoms with Gasteiger partial charge in [-0.2, -0.15) is 0 Å². The lowest BCUT2D eigenvalue weighted by Gasteiger charge is -2.26. The van der Waals surface area contributed by atoms with Gasteiger partial charge in [-0.1, -0.05) is 18.2 Å². The molecule has 0 bridgehead atoms. The highest BCUT2D eigenvalue weighted by Crippen LogP contribution is 2.27. The number of rotatable bonds is 7. The number of carbonyl (C=O) groups is 1. The van der Waals surface area contributed by atoms with Crippen LogP contribution in [0.2, 0.25) is 0 Å². The van der Waals surface area contributed by atoms with Crippen LogP contribution in [0.1, 0.15) is 22.0 Å². The third-order valence-electron chi connectivity index (χ3n) is 3.88. The quantitative estimate of drug-likeness (QED) is 0.782. The second-order valence-corrected chi connectivity index (χ2v) is 6.72. The molecule has 1 heterocycles. The van der Waals surface area contributed by atoms with Crippen molar-refractivity contribution in [2.24, 2.45) is 0 Å². The van der Waals surface area contributed by atoms with Gasteiger partial charge in [-0.25, -0.2) is 0 Å². The van der Waals surface area contributed by atoms with Crippen LogP contribution < -0.4 is 10.1 Å². The van der Waals surface area contributed by atoms with Crippen molar-refractivity contribution in [2.45, 2.75) is 13.0 Å². The van der Waals surface area contributed by atoms with Crippen molar-refractivity contribution < 1.29 is 9.53 Å². The summed E-state index contributed by atoms with van der Waals surface area (Å²) in [5, 5.41) is 5.00. The highest BCUT2D eigenvalue weighted by Gasteiger charge is 2.18. The zero-order chi connectivity index (χ0) is 17.5.